The van der Waals surface area contributed by atoms with Crippen LogP contribution in [0.2, 0.25) is 0 Å². The monoisotopic (exact) mass is 316 g/mol. The lowest BCUT2D eigenvalue weighted by molar-refractivity contribution is -0.120. The molecule has 0 aromatic heterocycles. The molecule has 0 bridgehead atoms. The van der Waals surface area contributed by atoms with Crippen LogP contribution in [0.25, 0.3) is 0 Å². The van der Waals surface area contributed by atoms with Crippen molar-refractivity contribution in [3.8, 4) is 0 Å². The van der Waals surface area contributed by atoms with Crippen LogP contribution in [-0.4, -0.2) is 24.9 Å². The molecule has 1 aromatic rings. The Morgan fingerprint density at radius 1 is 1.33 bits per heavy atom. The van der Waals surface area contributed by atoms with Crippen LogP contribution in [-0.2, 0) is 4.79 Å². The summed E-state index contributed by atoms with van der Waals surface area (Å²) in [6.45, 7) is 2.43. The molecule has 0 aliphatic carbocycles. The van der Waals surface area contributed by atoms with Gasteiger partial charge in [0.05, 0.1) is 11.0 Å². The number of hydrogen-bond acceptors (Lipinski definition) is 2. The fourth-order valence-electron chi connectivity index (χ4n) is 1.23. The lowest BCUT2D eigenvalue weighted by atomic mass is 10.2. The van der Waals surface area contributed by atoms with Crippen LogP contribution in [0.5, 0.6) is 0 Å². The van der Waals surface area contributed by atoms with Gasteiger partial charge >= 0.3 is 0 Å². The third-order valence-corrected chi connectivity index (χ3v) is 2.77. The van der Waals surface area contributed by atoms with Crippen LogP contribution >= 0.6 is 15.9 Å². The number of rotatable bonds is 5. The molecule has 0 saturated carbocycles. The normalized spacial score (nSPS) is 9.94. The first-order valence-corrected chi connectivity index (χ1v) is 6.34. The molecule has 1 rings (SSSR count). The maximum atomic E-state index is 13.0. The van der Waals surface area contributed by atoms with Gasteiger partial charge in [-0.05, 0) is 40.5 Å². The molecular weight excluding hydrogens is 303 g/mol. The highest BCUT2D eigenvalue weighted by atomic mass is 79.9. The Kier molecular flexibility index (Phi) is 5.77. The Morgan fingerprint density at radius 3 is 2.67 bits per heavy atom. The van der Waals surface area contributed by atoms with Gasteiger partial charge in [-0.2, -0.15) is 0 Å². The summed E-state index contributed by atoms with van der Waals surface area (Å²) in [6.07, 6.45) is 0.838. The van der Waals surface area contributed by atoms with E-state index >= 15 is 0 Å². The zero-order valence-corrected chi connectivity index (χ0v) is 11.5. The highest BCUT2D eigenvalue weighted by Crippen LogP contribution is 2.16. The number of carbonyl (C=O) groups is 2. The first-order chi connectivity index (χ1) is 8.54. The highest BCUT2D eigenvalue weighted by molar-refractivity contribution is 9.10. The Bertz CT molecular complexity index is 452. The average Bonchev–Trinajstić information content (AvgIpc) is 2.36. The number of nitrogens with one attached hydrogen (secondary N) is 2. The summed E-state index contributed by atoms with van der Waals surface area (Å²) < 4.78 is 13.2. The minimum Gasteiger partial charge on any atom is -0.355 e. The van der Waals surface area contributed by atoms with Crippen molar-refractivity contribution in [2.24, 2.45) is 0 Å². The molecule has 6 heteroatoms. The van der Waals surface area contributed by atoms with Gasteiger partial charge in [0, 0.05) is 12.1 Å². The van der Waals surface area contributed by atoms with Crippen molar-refractivity contribution in [1.29, 1.82) is 0 Å². The number of benzene rings is 1. The maximum Gasteiger partial charge on any atom is 0.251 e. The van der Waals surface area contributed by atoms with Gasteiger partial charge in [-0.25, -0.2) is 4.39 Å². The lowest BCUT2D eigenvalue weighted by Gasteiger charge is -2.06. The second kappa shape index (κ2) is 7.10. The van der Waals surface area contributed by atoms with E-state index in [1.54, 1.807) is 0 Å². The van der Waals surface area contributed by atoms with E-state index in [4.69, 9.17) is 0 Å². The summed E-state index contributed by atoms with van der Waals surface area (Å²) in [5.41, 5.74) is 0.298. The zero-order chi connectivity index (χ0) is 13.5. The lowest BCUT2D eigenvalue weighted by Crippen LogP contribution is -2.37. The first-order valence-electron chi connectivity index (χ1n) is 5.54. The van der Waals surface area contributed by atoms with Crippen molar-refractivity contribution >= 4 is 27.7 Å². The molecule has 4 nitrogen and oxygen atoms in total. The first kappa shape index (κ1) is 14.6. The van der Waals surface area contributed by atoms with Gasteiger partial charge in [-0.3, -0.25) is 9.59 Å². The Balaban J connectivity index is 2.50. The fourth-order valence-corrected chi connectivity index (χ4v) is 1.61. The molecule has 0 heterocycles. The van der Waals surface area contributed by atoms with Gasteiger partial charge in [0.15, 0.2) is 0 Å². The van der Waals surface area contributed by atoms with E-state index in [1.807, 2.05) is 6.92 Å². The Morgan fingerprint density at radius 2 is 2.06 bits per heavy atom. The maximum absolute atomic E-state index is 13.0. The van der Waals surface area contributed by atoms with Gasteiger partial charge in [0.1, 0.15) is 5.82 Å². The van der Waals surface area contributed by atoms with E-state index in [0.717, 1.165) is 6.42 Å². The molecule has 1 aromatic carbocycles. The van der Waals surface area contributed by atoms with E-state index in [1.165, 1.54) is 18.2 Å². The number of hydrogen-bond donors (Lipinski definition) is 2. The second-order valence-corrected chi connectivity index (χ2v) is 4.52. The molecule has 2 N–H and O–H groups in total. The predicted octanol–water partition coefficient (Wildman–Crippen LogP) is 1.84. The van der Waals surface area contributed by atoms with Crippen molar-refractivity contribution in [2.75, 3.05) is 13.1 Å². The van der Waals surface area contributed by atoms with Crippen LogP contribution in [0.4, 0.5) is 4.39 Å². The molecule has 0 saturated heterocycles. The SMILES string of the molecule is CCCNC(=O)CNC(=O)c1ccc(F)c(Br)c1. The van der Waals surface area contributed by atoms with Crippen LogP contribution in [0.3, 0.4) is 0 Å². The van der Waals surface area contributed by atoms with Crippen molar-refractivity contribution < 1.29 is 14.0 Å². The molecule has 0 fully saturated rings. The predicted molar refractivity (Wildman–Crippen MR) is 69.7 cm³/mol. The van der Waals surface area contributed by atoms with Crippen molar-refractivity contribution in [2.45, 2.75) is 13.3 Å². The molecule has 0 unspecified atom stereocenters. The van der Waals surface area contributed by atoms with Crippen molar-refractivity contribution in [1.82, 2.24) is 10.6 Å². The molecule has 0 spiro atoms. The summed E-state index contributed by atoms with van der Waals surface area (Å²) in [5.74, 6) is -1.10. The van der Waals surface area contributed by atoms with E-state index in [-0.39, 0.29) is 16.9 Å². The smallest absolute Gasteiger partial charge is 0.251 e. The Hall–Kier alpha value is -1.43. The van der Waals surface area contributed by atoms with Crippen LogP contribution in [0.1, 0.15) is 23.7 Å². The standard InChI is InChI=1S/C12H14BrFN2O2/c1-2-5-15-11(17)7-16-12(18)8-3-4-10(14)9(13)6-8/h3-4,6H,2,5,7H2,1H3,(H,15,17)(H,16,18). The molecule has 0 aliphatic rings. The van der Waals surface area contributed by atoms with E-state index in [2.05, 4.69) is 26.6 Å². The molecule has 0 atom stereocenters. The van der Waals surface area contributed by atoms with Gasteiger partial charge in [-0.1, -0.05) is 6.92 Å². The molecule has 0 aliphatic heterocycles. The summed E-state index contributed by atoms with van der Waals surface area (Å²) in [7, 11) is 0. The van der Waals surface area contributed by atoms with Crippen LogP contribution < -0.4 is 10.6 Å². The average molecular weight is 317 g/mol. The van der Waals surface area contributed by atoms with Gasteiger partial charge in [0.2, 0.25) is 5.91 Å². The highest BCUT2D eigenvalue weighted by Gasteiger charge is 2.09. The summed E-state index contributed by atoms with van der Waals surface area (Å²) >= 11 is 2.99. The fraction of sp³-hybridized carbons (Fsp3) is 0.333. The van der Waals surface area contributed by atoms with E-state index in [9.17, 15) is 14.0 Å². The number of amides is 2. The number of carbonyl (C=O) groups excluding carboxylic acids is 2. The van der Waals surface area contributed by atoms with E-state index < -0.39 is 11.7 Å². The molecule has 2 amide bonds. The molecule has 0 radical (unpaired) electrons. The van der Waals surface area contributed by atoms with Crippen molar-refractivity contribution in [3.05, 3.63) is 34.1 Å². The quantitative estimate of drug-likeness (QED) is 0.871. The largest absolute Gasteiger partial charge is 0.355 e. The molecule has 98 valence electrons. The Labute approximate surface area is 113 Å². The third-order valence-electron chi connectivity index (χ3n) is 2.16. The summed E-state index contributed by atoms with van der Waals surface area (Å²) in [4.78, 5) is 22.9. The minimum absolute atomic E-state index is 0.0895. The van der Waals surface area contributed by atoms with Gasteiger partial charge < -0.3 is 10.6 Å². The summed E-state index contributed by atoms with van der Waals surface area (Å²) in [5, 5.41) is 5.10. The number of halogens is 2. The molecule has 18 heavy (non-hydrogen) atoms. The van der Waals surface area contributed by atoms with E-state index in [0.29, 0.717) is 12.1 Å². The second-order valence-electron chi connectivity index (χ2n) is 3.66. The van der Waals surface area contributed by atoms with Gasteiger partial charge in [-0.15, -0.1) is 0 Å². The zero-order valence-electron chi connectivity index (χ0n) is 9.93. The van der Waals surface area contributed by atoms with Crippen LogP contribution in [0, 0.1) is 5.82 Å². The third kappa shape index (κ3) is 4.44. The topological polar surface area (TPSA) is 58.2 Å². The van der Waals surface area contributed by atoms with Crippen LogP contribution in [0.15, 0.2) is 22.7 Å². The summed E-state index contributed by atoms with van der Waals surface area (Å²) in [6, 6.07) is 3.92. The minimum atomic E-state index is -0.438. The van der Waals surface area contributed by atoms with Gasteiger partial charge in [0.25, 0.3) is 5.91 Å². The van der Waals surface area contributed by atoms with Crippen molar-refractivity contribution in [3.63, 3.8) is 0 Å². The molecular formula is C12H14BrFN2O2.